The van der Waals surface area contributed by atoms with Gasteiger partial charge in [0.05, 0.1) is 18.8 Å². The first-order valence-electron chi connectivity index (χ1n) is 14.4. The highest BCUT2D eigenvalue weighted by Gasteiger charge is 2.34. The van der Waals surface area contributed by atoms with Crippen LogP contribution in [0.3, 0.4) is 0 Å². The molecule has 9 nitrogen and oxygen atoms in total. The first-order valence-corrected chi connectivity index (χ1v) is 14.4. The lowest BCUT2D eigenvalue weighted by Crippen LogP contribution is -2.50. The maximum absolute atomic E-state index is 12.8. The largest absolute Gasteiger partial charge is 0.392 e. The Morgan fingerprint density at radius 2 is 1.62 bits per heavy atom. The van der Waals surface area contributed by atoms with Gasteiger partial charge in [-0.1, -0.05) is 54.6 Å². The topological polar surface area (TPSA) is 100 Å². The molecule has 4 aromatic rings. The molecule has 2 aliphatic heterocycles. The minimum atomic E-state index is -0.598. The van der Waals surface area contributed by atoms with Gasteiger partial charge in [0.15, 0.2) is 6.29 Å². The molecule has 3 heterocycles. The molecule has 216 valence electrons. The number of aliphatic hydroxyl groups is 1. The van der Waals surface area contributed by atoms with Crippen LogP contribution in [-0.4, -0.2) is 64.7 Å². The summed E-state index contributed by atoms with van der Waals surface area (Å²) in [5.41, 5.74) is 4.02. The van der Waals surface area contributed by atoms with E-state index >= 15 is 0 Å². The fourth-order valence-electron chi connectivity index (χ4n) is 5.46. The van der Waals surface area contributed by atoms with E-state index in [0.717, 1.165) is 55.4 Å². The minimum Gasteiger partial charge on any atom is -0.392 e. The van der Waals surface area contributed by atoms with Crippen molar-refractivity contribution >= 4 is 17.5 Å². The molecule has 0 spiro atoms. The Bertz CT molecular complexity index is 1450. The third-order valence-corrected chi connectivity index (χ3v) is 7.74. The molecular weight excluding hydrogens is 530 g/mol. The Morgan fingerprint density at radius 3 is 2.36 bits per heavy atom. The van der Waals surface area contributed by atoms with Crippen molar-refractivity contribution < 1.29 is 19.4 Å². The lowest BCUT2D eigenvalue weighted by molar-refractivity contribution is -0.253. The van der Waals surface area contributed by atoms with E-state index in [1.807, 2.05) is 72.8 Å². The molecule has 0 aliphatic carbocycles. The van der Waals surface area contributed by atoms with Crippen molar-refractivity contribution in [2.45, 2.75) is 31.5 Å². The lowest BCUT2D eigenvalue weighted by atomic mass is 9.99. The SMILES string of the molecule is O=C(Nc1cccc([C@H]2O[C@@H](CN3CCN(c4ncccn4)CC3)C[C@@H](c3ccc(CO)cc3)O2)c1)c1ccccc1. The highest BCUT2D eigenvalue weighted by Crippen LogP contribution is 2.38. The summed E-state index contributed by atoms with van der Waals surface area (Å²) in [5, 5.41) is 12.5. The van der Waals surface area contributed by atoms with Crippen molar-refractivity contribution in [2.24, 2.45) is 0 Å². The van der Waals surface area contributed by atoms with Crippen LogP contribution >= 0.6 is 0 Å². The van der Waals surface area contributed by atoms with E-state index in [1.165, 1.54) is 0 Å². The number of aliphatic hydroxyl groups excluding tert-OH is 1. The van der Waals surface area contributed by atoms with Gasteiger partial charge >= 0.3 is 0 Å². The smallest absolute Gasteiger partial charge is 0.255 e. The number of ether oxygens (including phenoxy) is 2. The van der Waals surface area contributed by atoms with Crippen molar-refractivity contribution in [2.75, 3.05) is 42.9 Å². The zero-order valence-electron chi connectivity index (χ0n) is 23.4. The van der Waals surface area contributed by atoms with Crippen molar-refractivity contribution in [3.63, 3.8) is 0 Å². The van der Waals surface area contributed by atoms with Crippen molar-refractivity contribution in [3.05, 3.63) is 120 Å². The van der Waals surface area contributed by atoms with Crippen LogP contribution in [-0.2, 0) is 16.1 Å². The summed E-state index contributed by atoms with van der Waals surface area (Å²) in [6, 6.07) is 26.5. The van der Waals surface area contributed by atoms with Gasteiger partial charge in [-0.3, -0.25) is 9.69 Å². The summed E-state index contributed by atoms with van der Waals surface area (Å²) >= 11 is 0. The molecule has 6 rings (SSSR count). The highest BCUT2D eigenvalue weighted by atomic mass is 16.7. The molecule has 0 bridgehead atoms. The van der Waals surface area contributed by atoms with Gasteiger partial charge in [-0.2, -0.15) is 0 Å². The zero-order chi connectivity index (χ0) is 28.7. The second kappa shape index (κ2) is 13.2. The van der Waals surface area contributed by atoms with Crippen LogP contribution < -0.4 is 10.2 Å². The third-order valence-electron chi connectivity index (χ3n) is 7.74. The van der Waals surface area contributed by atoms with E-state index in [4.69, 9.17) is 9.47 Å². The number of anilines is 2. The molecule has 1 amide bonds. The predicted molar refractivity (Wildman–Crippen MR) is 160 cm³/mol. The number of hydrogen-bond donors (Lipinski definition) is 2. The molecule has 9 heteroatoms. The van der Waals surface area contributed by atoms with Gasteiger partial charge in [-0.05, 0) is 41.5 Å². The average Bonchev–Trinajstić information content (AvgIpc) is 3.06. The van der Waals surface area contributed by atoms with Crippen LogP contribution in [0.25, 0.3) is 0 Å². The van der Waals surface area contributed by atoms with E-state index in [-0.39, 0.29) is 24.7 Å². The van der Waals surface area contributed by atoms with Crippen LogP contribution in [0.1, 0.15) is 45.9 Å². The Labute approximate surface area is 245 Å². The van der Waals surface area contributed by atoms with Crippen molar-refractivity contribution in [1.82, 2.24) is 14.9 Å². The zero-order valence-corrected chi connectivity index (χ0v) is 23.4. The second-order valence-corrected chi connectivity index (χ2v) is 10.6. The van der Waals surface area contributed by atoms with E-state index in [1.54, 1.807) is 24.5 Å². The van der Waals surface area contributed by atoms with Crippen molar-refractivity contribution in [1.29, 1.82) is 0 Å². The molecule has 1 aromatic heterocycles. The number of carbonyl (C=O) groups excluding carboxylic acids is 1. The summed E-state index contributed by atoms with van der Waals surface area (Å²) in [6.45, 7) is 4.26. The highest BCUT2D eigenvalue weighted by molar-refractivity contribution is 6.04. The van der Waals surface area contributed by atoms with Gasteiger partial charge in [0.1, 0.15) is 0 Å². The number of nitrogens with one attached hydrogen (secondary N) is 1. The Kier molecular flexibility index (Phi) is 8.81. The fraction of sp³-hybridized carbons (Fsp3) is 0.303. The van der Waals surface area contributed by atoms with Crippen LogP contribution in [0.2, 0.25) is 0 Å². The van der Waals surface area contributed by atoms with Gasteiger partial charge in [-0.15, -0.1) is 0 Å². The first-order chi connectivity index (χ1) is 20.6. The number of hydrogen-bond acceptors (Lipinski definition) is 8. The number of benzene rings is 3. The number of amides is 1. The third kappa shape index (κ3) is 6.83. The molecule has 2 N–H and O–H groups in total. The number of nitrogens with zero attached hydrogens (tertiary/aromatic N) is 4. The number of aromatic nitrogens is 2. The molecular formula is C33H35N5O4. The molecule has 42 heavy (non-hydrogen) atoms. The fourth-order valence-corrected chi connectivity index (χ4v) is 5.46. The second-order valence-electron chi connectivity index (χ2n) is 10.6. The van der Waals surface area contributed by atoms with Gasteiger partial charge < -0.3 is 24.8 Å². The summed E-state index contributed by atoms with van der Waals surface area (Å²) in [4.78, 5) is 26.2. The summed E-state index contributed by atoms with van der Waals surface area (Å²) < 4.78 is 13.1. The first kappa shape index (κ1) is 28.0. The molecule has 2 fully saturated rings. The van der Waals surface area contributed by atoms with Crippen LogP contribution in [0.5, 0.6) is 0 Å². The maximum Gasteiger partial charge on any atom is 0.255 e. The number of rotatable bonds is 8. The quantitative estimate of drug-likeness (QED) is 0.320. The summed E-state index contributed by atoms with van der Waals surface area (Å²) in [5.74, 6) is 0.600. The molecule has 2 saturated heterocycles. The monoisotopic (exact) mass is 565 g/mol. The summed E-state index contributed by atoms with van der Waals surface area (Å²) in [7, 11) is 0. The van der Waals surface area contributed by atoms with Crippen molar-refractivity contribution in [3.8, 4) is 0 Å². The van der Waals surface area contributed by atoms with E-state index < -0.39 is 6.29 Å². The van der Waals surface area contributed by atoms with E-state index in [0.29, 0.717) is 17.7 Å². The van der Waals surface area contributed by atoms with Gasteiger partial charge in [-0.25, -0.2) is 9.97 Å². The predicted octanol–water partition coefficient (Wildman–Crippen LogP) is 4.59. The maximum atomic E-state index is 12.8. The Morgan fingerprint density at radius 1 is 0.857 bits per heavy atom. The molecule has 0 saturated carbocycles. The minimum absolute atomic E-state index is 0.00164. The van der Waals surface area contributed by atoms with E-state index in [2.05, 4.69) is 25.1 Å². The van der Waals surface area contributed by atoms with Gasteiger partial charge in [0.2, 0.25) is 5.95 Å². The van der Waals surface area contributed by atoms with Crippen LogP contribution in [0.15, 0.2) is 97.3 Å². The van der Waals surface area contributed by atoms with Crippen LogP contribution in [0.4, 0.5) is 11.6 Å². The molecule has 0 unspecified atom stereocenters. The lowest BCUT2D eigenvalue weighted by Gasteiger charge is -2.40. The Balaban J connectivity index is 1.17. The van der Waals surface area contributed by atoms with Gasteiger partial charge in [0.25, 0.3) is 5.91 Å². The Hall–Kier alpha value is -4.15. The normalized spacial score (nSPS) is 21.2. The van der Waals surface area contributed by atoms with E-state index in [9.17, 15) is 9.90 Å². The summed E-state index contributed by atoms with van der Waals surface area (Å²) in [6.07, 6.45) is 3.43. The standard InChI is InChI=1S/C33H35N5O4/c39-23-24-10-12-25(13-11-24)30-21-29(22-37-16-18-38(19-17-37)33-34-14-5-15-35-33)41-32(42-30)27-8-4-9-28(20-27)36-31(40)26-6-2-1-3-7-26/h1-15,20,29-30,32,39H,16-19,21-23H2,(H,36,40)/t29-,30+,32+/m1/s1. The molecule has 3 atom stereocenters. The number of piperazine rings is 1. The molecule has 2 aliphatic rings. The average molecular weight is 566 g/mol. The molecule has 3 aromatic carbocycles. The molecule has 0 radical (unpaired) electrons. The van der Waals surface area contributed by atoms with Gasteiger partial charge in [0, 0.05) is 68.4 Å². The van der Waals surface area contributed by atoms with Crippen LogP contribution in [0, 0.1) is 0 Å². The number of carbonyl (C=O) groups is 1.